The van der Waals surface area contributed by atoms with Gasteiger partial charge in [-0.1, -0.05) is 5.21 Å². The van der Waals surface area contributed by atoms with Crippen molar-refractivity contribution in [2.75, 3.05) is 6.61 Å². The lowest BCUT2D eigenvalue weighted by Crippen LogP contribution is -2.28. The van der Waals surface area contributed by atoms with Gasteiger partial charge in [0, 0.05) is 6.61 Å². The lowest BCUT2D eigenvalue weighted by molar-refractivity contribution is 0.0183. The van der Waals surface area contributed by atoms with Crippen LogP contribution >= 0.6 is 0 Å². The molecule has 2 heterocycles. The van der Waals surface area contributed by atoms with Crippen molar-refractivity contribution in [2.24, 2.45) is 0 Å². The Kier molecular flexibility index (Phi) is 3.47. The van der Waals surface area contributed by atoms with Gasteiger partial charge in [0.1, 0.15) is 11.9 Å². The maximum Gasteiger partial charge on any atom is 0.213 e. The van der Waals surface area contributed by atoms with Crippen molar-refractivity contribution in [3.8, 4) is 11.4 Å². The number of benzene rings is 1. The lowest BCUT2D eigenvalue weighted by atomic mass is 10.0. The Morgan fingerprint density at radius 2 is 2.10 bits per heavy atom. The number of aromatic hydroxyl groups is 1. The Hall–Kier alpha value is -2.21. The summed E-state index contributed by atoms with van der Waals surface area (Å²) < 4.78 is 6.97. The molecule has 0 saturated carbocycles. The van der Waals surface area contributed by atoms with Gasteiger partial charge in [-0.2, -0.15) is 0 Å². The van der Waals surface area contributed by atoms with Crippen LogP contribution in [0.3, 0.4) is 0 Å². The van der Waals surface area contributed by atoms with Crippen molar-refractivity contribution >= 4 is 5.78 Å². The summed E-state index contributed by atoms with van der Waals surface area (Å²) in [6, 6.07) is 6.52. The molecule has 1 N–H and O–H groups in total. The van der Waals surface area contributed by atoms with Crippen LogP contribution in [0.1, 0.15) is 29.8 Å². The minimum Gasteiger partial charge on any atom is -0.508 e. The summed E-state index contributed by atoms with van der Waals surface area (Å²) >= 11 is 0. The second-order valence-electron chi connectivity index (χ2n) is 4.78. The van der Waals surface area contributed by atoms with Gasteiger partial charge in [-0.3, -0.25) is 4.79 Å². The van der Waals surface area contributed by atoms with E-state index in [0.29, 0.717) is 12.3 Å². The summed E-state index contributed by atoms with van der Waals surface area (Å²) in [4.78, 5) is 12.2. The number of aromatic nitrogens is 3. The number of phenolic OH excluding ortho intramolecular Hbond substituents is 1. The largest absolute Gasteiger partial charge is 0.508 e. The van der Waals surface area contributed by atoms with Gasteiger partial charge in [0.05, 0.1) is 11.9 Å². The number of nitrogens with zero attached hydrogens (tertiary/aromatic N) is 3. The molecule has 1 saturated heterocycles. The van der Waals surface area contributed by atoms with E-state index in [-0.39, 0.29) is 11.5 Å². The van der Waals surface area contributed by atoms with Crippen LogP contribution < -0.4 is 0 Å². The van der Waals surface area contributed by atoms with Crippen LogP contribution in [-0.4, -0.2) is 38.6 Å². The van der Waals surface area contributed by atoms with Gasteiger partial charge in [0.15, 0.2) is 5.69 Å². The number of phenols is 1. The van der Waals surface area contributed by atoms with Crippen molar-refractivity contribution in [1.29, 1.82) is 0 Å². The zero-order valence-corrected chi connectivity index (χ0v) is 10.9. The maximum absolute atomic E-state index is 12.2. The van der Waals surface area contributed by atoms with Crippen molar-refractivity contribution in [3.63, 3.8) is 0 Å². The molecule has 0 spiro atoms. The van der Waals surface area contributed by atoms with Gasteiger partial charge in [-0.05, 0) is 43.5 Å². The van der Waals surface area contributed by atoms with Gasteiger partial charge < -0.3 is 9.84 Å². The molecule has 0 aliphatic carbocycles. The Morgan fingerprint density at radius 3 is 2.80 bits per heavy atom. The van der Waals surface area contributed by atoms with E-state index in [0.717, 1.165) is 24.9 Å². The molecule has 0 amide bonds. The first kappa shape index (κ1) is 12.8. The molecule has 1 aromatic heterocycles. The second kappa shape index (κ2) is 5.42. The highest BCUT2D eigenvalue weighted by molar-refractivity contribution is 5.97. The van der Waals surface area contributed by atoms with Gasteiger partial charge in [-0.25, -0.2) is 4.68 Å². The number of Topliss-reactive ketones (excluding diaryl/α,β-unsaturated/α-hetero) is 1. The first-order valence-electron chi connectivity index (χ1n) is 6.61. The van der Waals surface area contributed by atoms with Crippen LogP contribution in [0.25, 0.3) is 5.69 Å². The first-order chi connectivity index (χ1) is 9.74. The predicted molar refractivity (Wildman–Crippen MR) is 70.9 cm³/mol. The average Bonchev–Trinajstić information content (AvgIpc) is 2.98. The van der Waals surface area contributed by atoms with Crippen LogP contribution in [0.4, 0.5) is 0 Å². The highest BCUT2D eigenvalue weighted by Gasteiger charge is 2.25. The minimum absolute atomic E-state index is 0.116. The van der Waals surface area contributed by atoms with Gasteiger partial charge in [-0.15, -0.1) is 5.10 Å². The summed E-state index contributed by atoms with van der Waals surface area (Å²) in [5.74, 6) is 0.0653. The minimum atomic E-state index is -0.395. The molecule has 1 aliphatic rings. The van der Waals surface area contributed by atoms with Crippen molar-refractivity contribution < 1.29 is 14.6 Å². The molecule has 1 aliphatic heterocycles. The average molecular weight is 273 g/mol. The van der Waals surface area contributed by atoms with E-state index in [1.807, 2.05) is 0 Å². The predicted octanol–water partition coefficient (Wildman–Crippen LogP) is 1.72. The van der Waals surface area contributed by atoms with E-state index in [2.05, 4.69) is 10.3 Å². The third-order valence-corrected chi connectivity index (χ3v) is 3.33. The van der Waals surface area contributed by atoms with E-state index < -0.39 is 6.10 Å². The highest BCUT2D eigenvalue weighted by Crippen LogP contribution is 2.17. The van der Waals surface area contributed by atoms with E-state index in [1.165, 1.54) is 4.68 Å². The maximum atomic E-state index is 12.2. The zero-order valence-electron chi connectivity index (χ0n) is 10.9. The van der Waals surface area contributed by atoms with E-state index >= 15 is 0 Å². The number of carbonyl (C=O) groups is 1. The molecule has 20 heavy (non-hydrogen) atoms. The van der Waals surface area contributed by atoms with Gasteiger partial charge >= 0.3 is 0 Å². The number of ketones is 1. The number of rotatable bonds is 3. The molecule has 1 fully saturated rings. The number of ether oxygens (including phenoxy) is 1. The van der Waals surface area contributed by atoms with Crippen LogP contribution in [0.2, 0.25) is 0 Å². The molecule has 1 atom stereocenters. The molecule has 1 unspecified atom stereocenters. The van der Waals surface area contributed by atoms with Gasteiger partial charge in [0.2, 0.25) is 5.78 Å². The summed E-state index contributed by atoms with van der Waals surface area (Å²) in [6.45, 7) is 0.627. The molecule has 0 radical (unpaired) electrons. The van der Waals surface area contributed by atoms with E-state index in [4.69, 9.17) is 4.74 Å². The fraction of sp³-hybridized carbons (Fsp3) is 0.357. The van der Waals surface area contributed by atoms with E-state index in [1.54, 1.807) is 30.5 Å². The number of carbonyl (C=O) groups excluding carboxylic acids is 1. The fourth-order valence-electron chi connectivity index (χ4n) is 2.22. The molecule has 104 valence electrons. The van der Waals surface area contributed by atoms with Crippen LogP contribution in [0.15, 0.2) is 30.5 Å². The van der Waals surface area contributed by atoms with Crippen molar-refractivity contribution in [2.45, 2.75) is 25.4 Å². The molecule has 3 rings (SSSR count). The monoisotopic (exact) mass is 273 g/mol. The zero-order chi connectivity index (χ0) is 13.9. The van der Waals surface area contributed by atoms with Gasteiger partial charge in [0.25, 0.3) is 0 Å². The Morgan fingerprint density at radius 1 is 1.30 bits per heavy atom. The molecular weight excluding hydrogens is 258 g/mol. The molecule has 6 nitrogen and oxygen atoms in total. The highest BCUT2D eigenvalue weighted by atomic mass is 16.5. The van der Waals surface area contributed by atoms with Crippen LogP contribution in [0, 0.1) is 0 Å². The van der Waals surface area contributed by atoms with Crippen LogP contribution in [-0.2, 0) is 4.74 Å². The fourth-order valence-corrected chi connectivity index (χ4v) is 2.22. The summed E-state index contributed by atoms with van der Waals surface area (Å²) in [5.41, 5.74) is 1.05. The topological polar surface area (TPSA) is 77.2 Å². The third-order valence-electron chi connectivity index (χ3n) is 3.33. The quantitative estimate of drug-likeness (QED) is 0.862. The Bertz CT molecular complexity index is 600. The smallest absolute Gasteiger partial charge is 0.213 e. The summed E-state index contributed by atoms with van der Waals surface area (Å²) in [5, 5.41) is 17.1. The molecular formula is C14H15N3O3. The molecule has 6 heteroatoms. The summed E-state index contributed by atoms with van der Waals surface area (Å²) in [6.07, 6.45) is 3.94. The SMILES string of the molecule is O=C(c1cn(-c2ccc(O)cc2)nn1)C1CCCCO1. The summed E-state index contributed by atoms with van der Waals surface area (Å²) in [7, 11) is 0. The number of hydrogen-bond acceptors (Lipinski definition) is 5. The molecule has 1 aromatic carbocycles. The molecule has 2 aromatic rings. The number of hydrogen-bond donors (Lipinski definition) is 1. The second-order valence-corrected chi connectivity index (χ2v) is 4.78. The van der Waals surface area contributed by atoms with E-state index in [9.17, 15) is 9.90 Å². The Labute approximate surface area is 116 Å². The molecule has 0 bridgehead atoms. The third kappa shape index (κ3) is 2.55. The Balaban J connectivity index is 1.79. The van der Waals surface area contributed by atoms with Crippen molar-refractivity contribution in [3.05, 3.63) is 36.2 Å². The van der Waals surface area contributed by atoms with Crippen molar-refractivity contribution in [1.82, 2.24) is 15.0 Å². The normalized spacial score (nSPS) is 18.9. The first-order valence-corrected chi connectivity index (χ1v) is 6.61. The lowest BCUT2D eigenvalue weighted by Gasteiger charge is -2.20. The van der Waals surface area contributed by atoms with Crippen LogP contribution in [0.5, 0.6) is 5.75 Å². The standard InChI is InChI=1S/C14H15N3O3/c18-11-6-4-10(5-7-11)17-9-12(15-16-17)14(19)13-3-1-2-8-20-13/h4-7,9,13,18H,1-3,8H2.